The summed E-state index contributed by atoms with van der Waals surface area (Å²) in [5.41, 5.74) is 1.63. The van der Waals surface area contributed by atoms with Crippen molar-refractivity contribution in [1.82, 2.24) is 4.90 Å². The van der Waals surface area contributed by atoms with E-state index in [1.165, 1.54) is 12.1 Å². The van der Waals surface area contributed by atoms with Crippen molar-refractivity contribution < 1.29 is 14.2 Å². The lowest BCUT2D eigenvalue weighted by Crippen LogP contribution is -2.45. The second-order valence-corrected chi connectivity index (χ2v) is 8.49. The molecule has 3 rings (SSSR count). The van der Waals surface area contributed by atoms with E-state index in [-0.39, 0.29) is 5.82 Å². The van der Waals surface area contributed by atoms with Gasteiger partial charge in [-0.15, -0.1) is 0 Å². The van der Waals surface area contributed by atoms with Gasteiger partial charge in [0.15, 0.2) is 0 Å². The molecule has 0 spiro atoms. The predicted molar refractivity (Wildman–Crippen MR) is 121 cm³/mol. The Balaban J connectivity index is 1.42. The van der Waals surface area contributed by atoms with E-state index in [4.69, 9.17) is 4.74 Å². The molecule has 1 aliphatic heterocycles. The number of hydrogen-bond donors (Lipinski definition) is 1. The molecule has 4 nitrogen and oxygen atoms in total. The molecule has 2 aromatic rings. The second-order valence-electron chi connectivity index (χ2n) is 8.49. The summed E-state index contributed by atoms with van der Waals surface area (Å²) in [5.74, 6) is 0.710. The molecule has 0 aliphatic carbocycles. The first-order valence-electron chi connectivity index (χ1n) is 11.1. The van der Waals surface area contributed by atoms with E-state index in [1.54, 1.807) is 0 Å². The summed E-state index contributed by atoms with van der Waals surface area (Å²) in [7, 11) is 2.07. The number of rotatable bonds is 10. The summed E-state index contributed by atoms with van der Waals surface area (Å²) in [6.45, 7) is 6.26. The van der Waals surface area contributed by atoms with Gasteiger partial charge in [0.25, 0.3) is 0 Å². The van der Waals surface area contributed by atoms with Crippen LogP contribution in [0.1, 0.15) is 44.6 Å². The van der Waals surface area contributed by atoms with Crippen LogP contribution in [0.5, 0.6) is 5.75 Å². The molecule has 0 unspecified atom stereocenters. The highest BCUT2D eigenvalue weighted by molar-refractivity contribution is 5.48. The molecular formula is C25H35FN2O2. The van der Waals surface area contributed by atoms with Gasteiger partial charge < -0.3 is 14.7 Å². The van der Waals surface area contributed by atoms with E-state index in [2.05, 4.69) is 35.9 Å². The van der Waals surface area contributed by atoms with Crippen LogP contribution in [0, 0.1) is 5.82 Å². The van der Waals surface area contributed by atoms with Gasteiger partial charge >= 0.3 is 0 Å². The predicted octanol–water partition coefficient (Wildman–Crippen LogP) is 4.86. The Kier molecular flexibility index (Phi) is 8.11. The van der Waals surface area contributed by atoms with Gasteiger partial charge in [0.2, 0.25) is 0 Å². The molecule has 0 radical (unpaired) electrons. The number of halogens is 1. The van der Waals surface area contributed by atoms with E-state index in [9.17, 15) is 9.50 Å². The standard InChI is InChI=1S/C25H35FN2O2/c1-3-4-19-30-24-11-9-23(10-12-24)27(2)16-13-25(29)14-17-28(18-15-25)20-21-5-7-22(26)8-6-21/h5-12,29H,3-4,13-20H2,1-2H3. The third-order valence-corrected chi connectivity index (χ3v) is 6.06. The average molecular weight is 415 g/mol. The molecule has 1 N–H and O–H groups in total. The molecule has 0 amide bonds. The minimum atomic E-state index is -0.614. The van der Waals surface area contributed by atoms with Gasteiger partial charge in [0.1, 0.15) is 11.6 Å². The van der Waals surface area contributed by atoms with Crippen LogP contribution in [0.2, 0.25) is 0 Å². The highest BCUT2D eigenvalue weighted by atomic mass is 19.1. The molecule has 1 fully saturated rings. The van der Waals surface area contributed by atoms with E-state index in [0.717, 1.165) is 81.9 Å². The SMILES string of the molecule is CCCCOc1ccc(N(C)CCC2(O)CCN(Cc3ccc(F)cc3)CC2)cc1. The molecule has 2 aromatic carbocycles. The van der Waals surface area contributed by atoms with Gasteiger partial charge in [0, 0.05) is 38.9 Å². The third kappa shape index (κ3) is 6.71. The Morgan fingerprint density at radius 1 is 1.07 bits per heavy atom. The average Bonchev–Trinajstić information content (AvgIpc) is 2.76. The lowest BCUT2D eigenvalue weighted by atomic mass is 9.88. The number of likely N-dealkylation sites (tertiary alicyclic amines) is 1. The fourth-order valence-electron chi connectivity index (χ4n) is 3.86. The number of piperidine rings is 1. The van der Waals surface area contributed by atoms with Crippen molar-refractivity contribution in [3.05, 3.63) is 59.9 Å². The molecule has 30 heavy (non-hydrogen) atoms. The molecule has 0 atom stereocenters. The Hall–Kier alpha value is -2.11. The van der Waals surface area contributed by atoms with Gasteiger partial charge in [-0.3, -0.25) is 4.90 Å². The van der Waals surface area contributed by atoms with Crippen molar-refractivity contribution >= 4 is 5.69 Å². The van der Waals surface area contributed by atoms with Crippen molar-refractivity contribution in [3.63, 3.8) is 0 Å². The molecule has 5 heteroatoms. The zero-order chi connectivity index (χ0) is 21.4. The van der Waals surface area contributed by atoms with Crippen LogP contribution in [-0.4, -0.2) is 48.9 Å². The summed E-state index contributed by atoms with van der Waals surface area (Å²) in [6, 6.07) is 14.9. The highest BCUT2D eigenvalue weighted by Crippen LogP contribution is 2.28. The topological polar surface area (TPSA) is 35.9 Å². The molecule has 164 valence electrons. The summed E-state index contributed by atoms with van der Waals surface area (Å²) >= 11 is 0. The summed E-state index contributed by atoms with van der Waals surface area (Å²) in [6.07, 6.45) is 4.50. The maximum absolute atomic E-state index is 13.1. The molecular weight excluding hydrogens is 379 g/mol. The van der Waals surface area contributed by atoms with Crippen LogP contribution in [-0.2, 0) is 6.54 Å². The minimum Gasteiger partial charge on any atom is -0.494 e. The van der Waals surface area contributed by atoms with Crippen molar-refractivity contribution in [2.75, 3.05) is 38.2 Å². The number of ether oxygens (including phenoxy) is 1. The van der Waals surface area contributed by atoms with Crippen LogP contribution in [0.15, 0.2) is 48.5 Å². The Labute approximate surface area is 180 Å². The number of aliphatic hydroxyl groups is 1. The lowest BCUT2D eigenvalue weighted by molar-refractivity contribution is -0.0275. The largest absolute Gasteiger partial charge is 0.494 e. The Morgan fingerprint density at radius 3 is 2.37 bits per heavy atom. The molecule has 1 saturated heterocycles. The lowest BCUT2D eigenvalue weighted by Gasteiger charge is -2.39. The highest BCUT2D eigenvalue weighted by Gasteiger charge is 2.32. The molecule has 1 aliphatic rings. The first-order valence-corrected chi connectivity index (χ1v) is 11.1. The number of unbranched alkanes of at least 4 members (excludes halogenated alkanes) is 1. The van der Waals surface area contributed by atoms with Crippen LogP contribution in [0.3, 0.4) is 0 Å². The molecule has 0 aromatic heterocycles. The van der Waals surface area contributed by atoms with Gasteiger partial charge in [-0.05, 0) is 67.6 Å². The molecule has 0 bridgehead atoms. The smallest absolute Gasteiger partial charge is 0.123 e. The first-order chi connectivity index (χ1) is 14.5. The van der Waals surface area contributed by atoms with Crippen molar-refractivity contribution in [1.29, 1.82) is 0 Å². The fourth-order valence-corrected chi connectivity index (χ4v) is 3.86. The van der Waals surface area contributed by atoms with Crippen LogP contribution in [0.25, 0.3) is 0 Å². The zero-order valence-corrected chi connectivity index (χ0v) is 18.3. The Morgan fingerprint density at radius 2 is 1.73 bits per heavy atom. The minimum absolute atomic E-state index is 0.199. The second kappa shape index (κ2) is 10.8. The van der Waals surface area contributed by atoms with Crippen molar-refractivity contribution in [2.24, 2.45) is 0 Å². The maximum atomic E-state index is 13.1. The number of benzene rings is 2. The maximum Gasteiger partial charge on any atom is 0.123 e. The number of hydrogen-bond acceptors (Lipinski definition) is 4. The van der Waals surface area contributed by atoms with Crippen molar-refractivity contribution in [2.45, 2.75) is 51.2 Å². The monoisotopic (exact) mass is 414 g/mol. The van der Waals surface area contributed by atoms with Gasteiger partial charge in [0.05, 0.1) is 12.2 Å². The molecule has 0 saturated carbocycles. The number of anilines is 1. The van der Waals surface area contributed by atoms with Gasteiger partial charge in [-0.1, -0.05) is 25.5 Å². The van der Waals surface area contributed by atoms with Crippen LogP contribution >= 0.6 is 0 Å². The number of nitrogens with zero attached hydrogens (tertiary/aromatic N) is 2. The molecule has 1 heterocycles. The zero-order valence-electron chi connectivity index (χ0n) is 18.3. The Bertz CT molecular complexity index is 756. The van der Waals surface area contributed by atoms with Gasteiger partial charge in [-0.2, -0.15) is 0 Å². The summed E-state index contributed by atoms with van der Waals surface area (Å²) < 4.78 is 18.8. The van der Waals surface area contributed by atoms with Gasteiger partial charge in [-0.25, -0.2) is 4.39 Å². The first kappa shape index (κ1) is 22.6. The summed E-state index contributed by atoms with van der Waals surface area (Å²) in [5, 5.41) is 11.0. The van der Waals surface area contributed by atoms with E-state index >= 15 is 0 Å². The third-order valence-electron chi connectivity index (χ3n) is 6.06. The van der Waals surface area contributed by atoms with E-state index in [1.807, 2.05) is 24.3 Å². The van der Waals surface area contributed by atoms with Crippen molar-refractivity contribution in [3.8, 4) is 5.75 Å². The quantitative estimate of drug-likeness (QED) is 0.564. The van der Waals surface area contributed by atoms with E-state index in [0.29, 0.717) is 0 Å². The fraction of sp³-hybridized carbons (Fsp3) is 0.520. The summed E-state index contributed by atoms with van der Waals surface area (Å²) in [4.78, 5) is 4.53. The normalized spacial score (nSPS) is 16.4. The van der Waals surface area contributed by atoms with Crippen LogP contribution < -0.4 is 9.64 Å². The van der Waals surface area contributed by atoms with E-state index < -0.39 is 5.60 Å². The van der Waals surface area contributed by atoms with Crippen LogP contribution in [0.4, 0.5) is 10.1 Å².